The molecule has 0 fully saturated rings. The first-order chi connectivity index (χ1) is 9.99. The lowest BCUT2D eigenvalue weighted by Gasteiger charge is -2.29. The van der Waals surface area contributed by atoms with Gasteiger partial charge in [0.25, 0.3) is 0 Å². The van der Waals surface area contributed by atoms with Gasteiger partial charge in [-0.1, -0.05) is 0 Å². The largest absolute Gasteiger partial charge is 0.451 e. The molecule has 1 aromatic heterocycles. The van der Waals surface area contributed by atoms with Crippen LogP contribution in [0.1, 0.15) is 11.6 Å². The standard InChI is InChI=1S/C13H14F3N5/c1-17-9-2-4-10(5-3-9)20-6-7-21-11(8-20)18-19-12(21)13(14,15)16/h2-5,17H,6-8H2,1H3. The number of alkyl halides is 3. The van der Waals surface area contributed by atoms with Gasteiger partial charge in [0.2, 0.25) is 5.82 Å². The van der Waals surface area contributed by atoms with Crippen molar-refractivity contribution in [3.63, 3.8) is 0 Å². The number of aromatic nitrogens is 3. The number of halogens is 3. The first-order valence-corrected chi connectivity index (χ1v) is 6.51. The summed E-state index contributed by atoms with van der Waals surface area (Å²) in [5.74, 6) is -0.575. The zero-order valence-corrected chi connectivity index (χ0v) is 11.4. The quantitative estimate of drug-likeness (QED) is 0.924. The number of hydrogen-bond acceptors (Lipinski definition) is 4. The van der Waals surface area contributed by atoms with Crippen LogP contribution in [-0.2, 0) is 19.3 Å². The third kappa shape index (κ3) is 2.53. The molecule has 3 rings (SSSR count). The summed E-state index contributed by atoms with van der Waals surface area (Å²) >= 11 is 0. The molecule has 8 heteroatoms. The fourth-order valence-electron chi connectivity index (χ4n) is 2.43. The first-order valence-electron chi connectivity index (χ1n) is 6.51. The van der Waals surface area contributed by atoms with E-state index in [0.717, 1.165) is 15.9 Å². The number of fused-ring (bicyclic) bond motifs is 1. The molecule has 1 aliphatic heterocycles. The third-order valence-corrected chi connectivity index (χ3v) is 3.53. The van der Waals surface area contributed by atoms with Crippen LogP contribution in [0, 0.1) is 0 Å². The molecule has 5 nitrogen and oxygen atoms in total. The molecule has 1 aliphatic rings. The Hall–Kier alpha value is -2.25. The molecule has 1 aromatic carbocycles. The highest BCUT2D eigenvalue weighted by molar-refractivity contribution is 5.55. The van der Waals surface area contributed by atoms with Gasteiger partial charge in [0.15, 0.2) is 5.82 Å². The summed E-state index contributed by atoms with van der Waals surface area (Å²) in [7, 11) is 1.83. The van der Waals surface area contributed by atoms with Gasteiger partial charge in [-0.05, 0) is 24.3 Å². The molecule has 0 unspecified atom stereocenters. The summed E-state index contributed by atoms with van der Waals surface area (Å²) in [5.41, 5.74) is 1.94. The predicted molar refractivity (Wildman–Crippen MR) is 72.1 cm³/mol. The highest BCUT2D eigenvalue weighted by Gasteiger charge is 2.39. The minimum Gasteiger partial charge on any atom is -0.388 e. The van der Waals surface area contributed by atoms with E-state index in [0.29, 0.717) is 18.9 Å². The van der Waals surface area contributed by atoms with Crippen LogP contribution in [0.4, 0.5) is 24.5 Å². The summed E-state index contributed by atoms with van der Waals surface area (Å²) in [4.78, 5) is 1.99. The smallest absolute Gasteiger partial charge is 0.388 e. The van der Waals surface area contributed by atoms with Crippen molar-refractivity contribution in [3.8, 4) is 0 Å². The van der Waals surface area contributed by atoms with Gasteiger partial charge in [-0.25, -0.2) is 0 Å². The minimum absolute atomic E-state index is 0.227. The molecule has 0 saturated heterocycles. The normalized spacial score (nSPS) is 15.0. The lowest BCUT2D eigenvalue weighted by Crippen LogP contribution is -2.35. The number of benzene rings is 1. The van der Waals surface area contributed by atoms with Crippen molar-refractivity contribution in [1.29, 1.82) is 0 Å². The van der Waals surface area contributed by atoms with Crippen molar-refractivity contribution in [2.24, 2.45) is 0 Å². The Bertz CT molecular complexity index is 632. The van der Waals surface area contributed by atoms with Gasteiger partial charge in [-0.2, -0.15) is 13.2 Å². The summed E-state index contributed by atoms with van der Waals surface area (Å²) in [6.45, 7) is 1.04. The van der Waals surface area contributed by atoms with Crippen molar-refractivity contribution in [2.75, 3.05) is 23.8 Å². The topological polar surface area (TPSA) is 46.0 Å². The van der Waals surface area contributed by atoms with Crippen LogP contribution >= 0.6 is 0 Å². The van der Waals surface area contributed by atoms with Crippen LogP contribution in [-0.4, -0.2) is 28.4 Å². The molecule has 112 valence electrons. The average molecular weight is 297 g/mol. The molecule has 0 atom stereocenters. The Labute approximate surface area is 119 Å². The second kappa shape index (κ2) is 4.94. The van der Waals surface area contributed by atoms with Gasteiger partial charge in [0, 0.05) is 31.5 Å². The Morgan fingerprint density at radius 1 is 1.10 bits per heavy atom. The van der Waals surface area contributed by atoms with E-state index in [-0.39, 0.29) is 6.54 Å². The number of nitrogens with zero attached hydrogens (tertiary/aromatic N) is 4. The van der Waals surface area contributed by atoms with E-state index in [1.807, 2.05) is 36.2 Å². The van der Waals surface area contributed by atoms with E-state index in [1.54, 1.807) is 0 Å². The highest BCUT2D eigenvalue weighted by Crippen LogP contribution is 2.30. The van der Waals surface area contributed by atoms with Gasteiger partial charge in [-0.3, -0.25) is 0 Å². The highest BCUT2D eigenvalue weighted by atomic mass is 19.4. The lowest BCUT2D eigenvalue weighted by molar-refractivity contribution is -0.147. The zero-order chi connectivity index (χ0) is 15.0. The molecular formula is C13H14F3N5. The maximum absolute atomic E-state index is 12.8. The monoisotopic (exact) mass is 297 g/mol. The zero-order valence-electron chi connectivity index (χ0n) is 11.4. The minimum atomic E-state index is -4.46. The van der Waals surface area contributed by atoms with E-state index >= 15 is 0 Å². The van der Waals surface area contributed by atoms with Crippen molar-refractivity contribution < 1.29 is 13.2 Å². The molecule has 2 heterocycles. The van der Waals surface area contributed by atoms with Crippen LogP contribution in [0.2, 0.25) is 0 Å². The molecule has 0 spiro atoms. The molecule has 0 bridgehead atoms. The van der Waals surface area contributed by atoms with Crippen LogP contribution in [0.15, 0.2) is 24.3 Å². The average Bonchev–Trinajstić information content (AvgIpc) is 2.90. The molecule has 0 aliphatic carbocycles. The Kier molecular flexibility index (Phi) is 3.23. The first kappa shape index (κ1) is 13.7. The SMILES string of the molecule is CNc1ccc(N2CCn3c(nnc3C(F)(F)F)C2)cc1. The Balaban J connectivity index is 1.83. The van der Waals surface area contributed by atoms with Crippen LogP contribution in [0.3, 0.4) is 0 Å². The summed E-state index contributed by atoms with van der Waals surface area (Å²) in [6, 6.07) is 7.72. The van der Waals surface area contributed by atoms with Gasteiger partial charge in [0.1, 0.15) is 0 Å². The van der Waals surface area contributed by atoms with E-state index in [4.69, 9.17) is 0 Å². The maximum Gasteiger partial charge on any atom is 0.451 e. The molecule has 0 radical (unpaired) electrons. The predicted octanol–water partition coefficient (Wildman–Crippen LogP) is 2.36. The van der Waals surface area contributed by atoms with Gasteiger partial charge in [-0.15, -0.1) is 10.2 Å². The van der Waals surface area contributed by atoms with Crippen molar-refractivity contribution in [1.82, 2.24) is 14.8 Å². The second-order valence-corrected chi connectivity index (χ2v) is 4.81. The molecular weight excluding hydrogens is 283 g/mol. The number of anilines is 2. The second-order valence-electron chi connectivity index (χ2n) is 4.81. The summed E-state index contributed by atoms with van der Waals surface area (Å²) in [6.07, 6.45) is -4.46. The van der Waals surface area contributed by atoms with Gasteiger partial charge >= 0.3 is 6.18 Å². The van der Waals surface area contributed by atoms with Crippen molar-refractivity contribution in [2.45, 2.75) is 19.3 Å². The number of hydrogen-bond donors (Lipinski definition) is 1. The molecule has 0 saturated carbocycles. The van der Waals surface area contributed by atoms with Crippen molar-refractivity contribution >= 4 is 11.4 Å². The van der Waals surface area contributed by atoms with Crippen molar-refractivity contribution in [3.05, 3.63) is 35.9 Å². The van der Waals surface area contributed by atoms with Gasteiger partial charge < -0.3 is 14.8 Å². The van der Waals surface area contributed by atoms with E-state index in [9.17, 15) is 13.2 Å². The molecule has 0 amide bonds. The lowest BCUT2D eigenvalue weighted by atomic mass is 10.2. The molecule has 1 N–H and O–H groups in total. The third-order valence-electron chi connectivity index (χ3n) is 3.53. The van der Waals surface area contributed by atoms with E-state index < -0.39 is 12.0 Å². The number of rotatable bonds is 2. The van der Waals surface area contributed by atoms with E-state index in [1.165, 1.54) is 0 Å². The Morgan fingerprint density at radius 3 is 2.43 bits per heavy atom. The fourth-order valence-corrected chi connectivity index (χ4v) is 2.43. The maximum atomic E-state index is 12.8. The number of nitrogens with one attached hydrogen (secondary N) is 1. The molecule has 2 aromatic rings. The summed E-state index contributed by atoms with van der Waals surface area (Å²) < 4.78 is 39.5. The summed E-state index contributed by atoms with van der Waals surface area (Å²) in [5, 5.41) is 9.97. The van der Waals surface area contributed by atoms with E-state index in [2.05, 4.69) is 15.5 Å². The fraction of sp³-hybridized carbons (Fsp3) is 0.385. The van der Waals surface area contributed by atoms with Gasteiger partial charge in [0.05, 0.1) is 6.54 Å². The van der Waals surface area contributed by atoms with Crippen LogP contribution < -0.4 is 10.2 Å². The van der Waals surface area contributed by atoms with Crippen LogP contribution in [0.25, 0.3) is 0 Å². The Morgan fingerprint density at radius 2 is 1.81 bits per heavy atom. The molecule has 21 heavy (non-hydrogen) atoms. The van der Waals surface area contributed by atoms with Crippen LogP contribution in [0.5, 0.6) is 0 Å².